The average Bonchev–Trinajstić information content (AvgIpc) is 3.42. The number of hydrogen-bond acceptors (Lipinski definition) is 3. The topological polar surface area (TPSA) is 47.4 Å². The number of allylic oxidation sites excluding steroid dienone is 4. The molecule has 0 spiro atoms. The zero-order valence-electron chi connectivity index (χ0n) is 18.1. The quantitative estimate of drug-likeness (QED) is 0.399. The summed E-state index contributed by atoms with van der Waals surface area (Å²) in [5, 5.41) is 0. The van der Waals surface area contributed by atoms with Crippen LogP contribution >= 0.6 is 20.7 Å². The van der Waals surface area contributed by atoms with Gasteiger partial charge in [-0.15, -0.1) is 0 Å². The number of amides is 1. The Balaban J connectivity index is 1.41. The maximum Gasteiger partial charge on any atom is 0.250 e. The number of carbonyl (C=O) groups excluding carboxylic acids is 1. The number of imidazole rings is 1. The van der Waals surface area contributed by atoms with Crippen molar-refractivity contribution in [3.05, 3.63) is 80.4 Å². The molecule has 0 bridgehead atoms. The molecule has 7 heteroatoms. The van der Waals surface area contributed by atoms with E-state index in [0.29, 0.717) is 6.42 Å². The van der Waals surface area contributed by atoms with Crippen LogP contribution in [0, 0.1) is 12.7 Å². The Kier molecular flexibility index (Phi) is 5.84. The number of hydrogen-bond donors (Lipinski definition) is 0. The molecule has 0 radical (unpaired) electrons. The van der Waals surface area contributed by atoms with Gasteiger partial charge in [-0.05, 0) is 66.0 Å². The lowest BCUT2D eigenvalue weighted by Gasteiger charge is -2.34. The third-order valence-electron chi connectivity index (χ3n) is 6.27. The molecule has 3 heterocycles. The van der Waals surface area contributed by atoms with Crippen molar-refractivity contribution in [2.45, 2.75) is 38.6 Å². The van der Waals surface area contributed by atoms with Gasteiger partial charge in [0.05, 0.1) is 30.9 Å². The largest absolute Gasteiger partial charge is 0.495 e. The Hall–Kier alpha value is -2.55. The molecule has 2 aliphatic heterocycles. The van der Waals surface area contributed by atoms with Gasteiger partial charge < -0.3 is 14.2 Å². The Morgan fingerprint density at radius 2 is 2.19 bits per heavy atom. The lowest BCUT2D eigenvalue weighted by atomic mass is 9.98. The fourth-order valence-corrected chi connectivity index (χ4v) is 7.02. The van der Waals surface area contributed by atoms with Crippen LogP contribution in [0.5, 0.6) is 0 Å². The predicted molar refractivity (Wildman–Crippen MR) is 132 cm³/mol. The number of carbonyl (C=O) groups is 1. The van der Waals surface area contributed by atoms with Gasteiger partial charge in [0.1, 0.15) is 11.6 Å². The minimum atomic E-state index is -0.408. The monoisotopic (exact) mass is 545 g/mol. The first-order valence-electron chi connectivity index (χ1n) is 10.8. The summed E-state index contributed by atoms with van der Waals surface area (Å²) in [4.78, 5) is 19.7. The zero-order valence-corrected chi connectivity index (χ0v) is 20.3. The highest BCUT2D eigenvalue weighted by Gasteiger charge is 2.35. The third kappa shape index (κ3) is 3.87. The number of likely N-dealkylation sites (tertiary alicyclic amines) is 1. The van der Waals surface area contributed by atoms with Gasteiger partial charge in [0, 0.05) is 21.9 Å². The summed E-state index contributed by atoms with van der Waals surface area (Å²) >= 11 is -0.408. The number of ether oxygens (including phenoxy) is 1. The van der Waals surface area contributed by atoms with Crippen LogP contribution in [-0.2, 0) is 16.0 Å². The van der Waals surface area contributed by atoms with Crippen LogP contribution in [0.15, 0.2) is 57.8 Å². The molecular formula is C25H25FIN3O2. The van der Waals surface area contributed by atoms with Crippen molar-refractivity contribution < 1.29 is 13.9 Å². The minimum Gasteiger partial charge on any atom is -0.495 e. The highest BCUT2D eigenvalue weighted by molar-refractivity contribution is 14.2. The average molecular weight is 545 g/mol. The van der Waals surface area contributed by atoms with Crippen molar-refractivity contribution in [1.82, 2.24) is 14.5 Å². The standard InChI is InChI=1S/C25H25FIN3O2/c1-16-14-29(15-28-16)23-13-27-18(12-24(23)32-2)11-17-5-4-10-30(25(17)31)22-9-8-19-20(22)6-3-7-21(19)26/h3,6-7,11-15,22H,4-5,8-10H2,1-2H3/b17-11+/t22-/m0/s1. The van der Waals surface area contributed by atoms with Crippen LogP contribution in [0.25, 0.3) is 5.70 Å². The minimum absolute atomic E-state index is 0.0241. The number of rotatable bonds is 4. The second-order valence-corrected chi connectivity index (χ2v) is 10.7. The number of benzene rings is 1. The molecule has 166 valence electrons. The van der Waals surface area contributed by atoms with E-state index in [9.17, 15) is 9.18 Å². The molecule has 1 aromatic heterocycles. The van der Waals surface area contributed by atoms with Gasteiger partial charge >= 0.3 is 0 Å². The normalized spacial score (nSPS) is 22.2. The molecule has 2 aromatic rings. The van der Waals surface area contributed by atoms with Gasteiger partial charge in [-0.1, -0.05) is 32.9 Å². The first-order chi connectivity index (χ1) is 15.5. The number of aromatic nitrogens is 2. The Morgan fingerprint density at radius 3 is 2.97 bits per heavy atom. The molecule has 0 N–H and O–H groups in total. The van der Waals surface area contributed by atoms with E-state index in [1.165, 1.54) is 6.07 Å². The molecular weight excluding hydrogens is 520 g/mol. The summed E-state index contributed by atoms with van der Waals surface area (Å²) in [6, 6.07) is 5.22. The summed E-state index contributed by atoms with van der Waals surface area (Å²) < 4.78 is 25.2. The van der Waals surface area contributed by atoms with Crippen molar-refractivity contribution in [2.75, 3.05) is 13.7 Å². The maximum atomic E-state index is 14.2. The number of piperidine rings is 1. The smallest absolute Gasteiger partial charge is 0.250 e. The summed E-state index contributed by atoms with van der Waals surface area (Å²) in [6.45, 7) is 2.69. The van der Waals surface area contributed by atoms with E-state index < -0.39 is 20.7 Å². The molecule has 1 saturated heterocycles. The van der Waals surface area contributed by atoms with E-state index in [1.807, 2.05) is 28.7 Å². The van der Waals surface area contributed by atoms with Gasteiger partial charge in [-0.2, -0.15) is 0 Å². The van der Waals surface area contributed by atoms with Gasteiger partial charge in [-0.25, -0.2) is 9.37 Å². The predicted octanol–water partition coefficient (Wildman–Crippen LogP) is 5.05. The van der Waals surface area contributed by atoms with Crippen molar-refractivity contribution in [3.63, 3.8) is 0 Å². The molecule has 3 aliphatic rings. The molecule has 0 saturated carbocycles. The Morgan fingerprint density at radius 1 is 1.31 bits per heavy atom. The van der Waals surface area contributed by atoms with Crippen molar-refractivity contribution >= 4 is 36.3 Å². The lowest BCUT2D eigenvalue weighted by Crippen LogP contribution is -2.39. The lowest BCUT2D eigenvalue weighted by molar-refractivity contribution is -0.131. The fourth-order valence-electron chi connectivity index (χ4n) is 4.71. The Labute approximate surface area is 197 Å². The fraction of sp³-hybridized carbons (Fsp3) is 0.320. The summed E-state index contributed by atoms with van der Waals surface area (Å²) in [6.07, 6.45) is 11.1. The van der Waals surface area contributed by atoms with Crippen LogP contribution in [0.3, 0.4) is 0 Å². The van der Waals surface area contributed by atoms with Crippen LogP contribution in [0.2, 0.25) is 0 Å². The molecule has 1 amide bonds. The number of fused-ring (bicyclic) bond motifs is 1. The van der Waals surface area contributed by atoms with E-state index >= 15 is 0 Å². The van der Waals surface area contributed by atoms with E-state index in [1.54, 1.807) is 19.5 Å². The van der Waals surface area contributed by atoms with Crippen molar-refractivity contribution in [2.24, 2.45) is 0 Å². The van der Waals surface area contributed by atoms with E-state index in [0.717, 1.165) is 63.2 Å². The van der Waals surface area contributed by atoms with E-state index in [-0.39, 0.29) is 17.8 Å². The first-order valence-corrected chi connectivity index (χ1v) is 13.1. The zero-order chi connectivity index (χ0) is 22.2. The van der Waals surface area contributed by atoms with E-state index in [2.05, 4.69) is 21.1 Å². The highest BCUT2D eigenvalue weighted by atomic mass is 127. The van der Waals surface area contributed by atoms with Crippen LogP contribution in [-0.4, -0.2) is 38.0 Å². The first kappa shape index (κ1) is 21.3. The molecule has 32 heavy (non-hydrogen) atoms. The molecule has 5 rings (SSSR count). The van der Waals surface area contributed by atoms with Gasteiger partial charge in [0.25, 0.3) is 0 Å². The maximum absolute atomic E-state index is 14.2. The molecule has 5 nitrogen and oxygen atoms in total. The number of methoxy groups -OCH3 is 1. The molecule has 1 aromatic carbocycles. The summed E-state index contributed by atoms with van der Waals surface area (Å²) in [5.41, 5.74) is 4.55. The van der Waals surface area contributed by atoms with Crippen LogP contribution in [0.1, 0.15) is 42.1 Å². The molecule has 0 unspecified atom stereocenters. The third-order valence-corrected chi connectivity index (χ3v) is 8.51. The van der Waals surface area contributed by atoms with Crippen LogP contribution < -0.4 is 0 Å². The molecule has 1 aliphatic carbocycles. The van der Waals surface area contributed by atoms with Gasteiger partial charge in [0.15, 0.2) is 0 Å². The van der Waals surface area contributed by atoms with Gasteiger partial charge in [0.2, 0.25) is 5.91 Å². The second kappa shape index (κ2) is 8.77. The summed E-state index contributed by atoms with van der Waals surface area (Å²) in [5.74, 6) is 0.711. The summed E-state index contributed by atoms with van der Waals surface area (Å²) in [7, 11) is 1.67. The Bertz CT molecular complexity index is 1210. The van der Waals surface area contributed by atoms with Crippen molar-refractivity contribution in [1.29, 1.82) is 0 Å². The molecule has 1 atom stereocenters. The number of aryl methyl sites for hydroxylation is 1. The number of halogens is 2. The van der Waals surface area contributed by atoms with E-state index in [4.69, 9.17) is 4.74 Å². The SMILES string of the molecule is COC1=C(n2cnc(C)c2)C=IC(/C=C2\CCCN([C@H]3CCc4c(F)cccc43)C2=O)=C1. The number of nitrogens with zero attached hydrogens (tertiary/aromatic N) is 3. The van der Waals surface area contributed by atoms with Crippen molar-refractivity contribution in [3.8, 4) is 0 Å². The highest BCUT2D eigenvalue weighted by Crippen LogP contribution is 2.40. The second-order valence-electron chi connectivity index (χ2n) is 8.26. The van der Waals surface area contributed by atoms with Gasteiger partial charge in [-0.3, -0.25) is 4.79 Å². The van der Waals surface area contributed by atoms with Crippen LogP contribution in [0.4, 0.5) is 4.39 Å². The molecule has 1 fully saturated rings.